The zero-order chi connectivity index (χ0) is 19.1. The summed E-state index contributed by atoms with van der Waals surface area (Å²) in [6.45, 7) is 18.2. The Morgan fingerprint density at radius 3 is 0.875 bits per heavy atom. The van der Waals surface area contributed by atoms with E-state index in [1.54, 1.807) is 0 Å². The lowest BCUT2D eigenvalue weighted by molar-refractivity contribution is -0.0114. The first-order chi connectivity index (χ1) is 10.5. The maximum absolute atomic E-state index is 6.02. The van der Waals surface area contributed by atoms with Gasteiger partial charge in [-0.25, -0.2) is 0 Å². The lowest BCUT2D eigenvalue weighted by Gasteiger charge is -2.53. The molecule has 4 heteroatoms. The lowest BCUT2D eigenvalue weighted by Crippen LogP contribution is -2.61. The normalized spacial score (nSPS) is 30.5. The summed E-state index contributed by atoms with van der Waals surface area (Å²) in [5.41, 5.74) is 13.0. The fourth-order valence-corrected chi connectivity index (χ4v) is 4.90. The van der Waals surface area contributed by atoms with Crippen molar-refractivity contribution in [2.75, 3.05) is 14.1 Å². The summed E-state index contributed by atoms with van der Waals surface area (Å²) in [5, 5.41) is 0. The van der Waals surface area contributed by atoms with Gasteiger partial charge in [-0.1, -0.05) is 0 Å². The van der Waals surface area contributed by atoms with Gasteiger partial charge in [0, 0.05) is 34.2 Å². The molecule has 4 nitrogen and oxygen atoms in total. The Morgan fingerprint density at radius 1 is 0.542 bits per heavy atom. The highest BCUT2D eigenvalue weighted by Crippen LogP contribution is 2.36. The molecule has 2 rings (SSSR count). The van der Waals surface area contributed by atoms with Crippen molar-refractivity contribution in [2.45, 2.75) is 115 Å². The van der Waals surface area contributed by atoms with Crippen LogP contribution in [0.15, 0.2) is 0 Å². The Hall–Kier alpha value is -0.160. The second-order valence-corrected chi connectivity index (χ2v) is 10.7. The third-order valence-corrected chi connectivity index (χ3v) is 6.68. The van der Waals surface area contributed by atoms with Crippen LogP contribution in [-0.2, 0) is 0 Å². The number of hydrogen-bond donors (Lipinski definition) is 2. The Morgan fingerprint density at radius 2 is 0.708 bits per heavy atom. The summed E-state index contributed by atoms with van der Waals surface area (Å²) in [5.74, 6) is 0. The molecule has 0 atom stereocenters. The van der Waals surface area contributed by atoms with Gasteiger partial charge in [-0.05, 0) is 95.2 Å². The number of hydrogen-bond acceptors (Lipinski definition) is 4. The molecule has 0 unspecified atom stereocenters. The minimum atomic E-state index is 0.251. The number of nitrogens with zero attached hydrogens (tertiary/aromatic N) is 2. The first kappa shape index (κ1) is 21.9. The van der Waals surface area contributed by atoms with Crippen molar-refractivity contribution < 1.29 is 0 Å². The Balaban J connectivity index is 0.000000240. The van der Waals surface area contributed by atoms with E-state index < -0.39 is 0 Å². The topological polar surface area (TPSA) is 58.5 Å². The van der Waals surface area contributed by atoms with Crippen molar-refractivity contribution in [2.24, 2.45) is 11.5 Å². The molecule has 2 heterocycles. The molecule has 144 valence electrons. The van der Waals surface area contributed by atoms with Crippen molar-refractivity contribution >= 4 is 0 Å². The van der Waals surface area contributed by atoms with Crippen LogP contribution in [0.1, 0.15) is 81.1 Å². The van der Waals surface area contributed by atoms with Crippen molar-refractivity contribution in [3.63, 3.8) is 0 Å². The van der Waals surface area contributed by atoms with Gasteiger partial charge in [0.05, 0.1) is 0 Å². The molecule has 0 spiro atoms. The predicted octanol–water partition coefficient (Wildman–Crippen LogP) is 3.19. The Bertz CT molecular complexity index is 349. The quantitative estimate of drug-likeness (QED) is 0.711. The number of nitrogens with two attached hydrogens (primary N) is 2. The average molecular weight is 341 g/mol. The van der Waals surface area contributed by atoms with Gasteiger partial charge < -0.3 is 11.5 Å². The van der Waals surface area contributed by atoms with Gasteiger partial charge in [0.2, 0.25) is 0 Å². The van der Waals surface area contributed by atoms with Gasteiger partial charge in [0.25, 0.3) is 0 Å². The van der Waals surface area contributed by atoms with E-state index in [1.165, 1.54) is 0 Å². The molecular weight excluding hydrogens is 296 g/mol. The van der Waals surface area contributed by atoms with Crippen LogP contribution in [0.4, 0.5) is 0 Å². The third-order valence-electron chi connectivity index (χ3n) is 6.68. The second-order valence-electron chi connectivity index (χ2n) is 10.7. The van der Waals surface area contributed by atoms with Crippen molar-refractivity contribution in [3.8, 4) is 0 Å². The van der Waals surface area contributed by atoms with E-state index in [0.717, 1.165) is 25.7 Å². The van der Waals surface area contributed by atoms with Gasteiger partial charge in [-0.15, -0.1) is 0 Å². The summed E-state index contributed by atoms with van der Waals surface area (Å²) < 4.78 is 0. The van der Waals surface area contributed by atoms with E-state index in [9.17, 15) is 0 Å². The molecule has 0 aromatic heterocycles. The molecule has 0 bridgehead atoms. The second kappa shape index (κ2) is 6.86. The molecule has 4 N–H and O–H groups in total. The van der Waals surface area contributed by atoms with Gasteiger partial charge in [-0.2, -0.15) is 0 Å². The maximum atomic E-state index is 6.02. The van der Waals surface area contributed by atoms with Gasteiger partial charge in [0.1, 0.15) is 0 Å². The minimum absolute atomic E-state index is 0.251. The molecule has 2 saturated heterocycles. The van der Waals surface area contributed by atoms with Gasteiger partial charge in [0.15, 0.2) is 0 Å². The van der Waals surface area contributed by atoms with Crippen LogP contribution in [0.3, 0.4) is 0 Å². The van der Waals surface area contributed by atoms with Gasteiger partial charge >= 0.3 is 0 Å². The molecule has 0 saturated carbocycles. The average Bonchev–Trinajstić information content (AvgIpc) is 2.31. The van der Waals surface area contributed by atoms with Crippen LogP contribution in [0.5, 0.6) is 0 Å². The molecule has 0 aliphatic carbocycles. The summed E-state index contributed by atoms with van der Waals surface area (Å²) in [6, 6.07) is 0.734. The van der Waals surface area contributed by atoms with E-state index in [4.69, 9.17) is 11.5 Å². The van der Waals surface area contributed by atoms with Crippen molar-refractivity contribution in [3.05, 3.63) is 0 Å². The summed E-state index contributed by atoms with van der Waals surface area (Å²) in [4.78, 5) is 4.90. The van der Waals surface area contributed by atoms with E-state index in [-0.39, 0.29) is 22.2 Å². The smallest absolute Gasteiger partial charge is 0.0170 e. The zero-order valence-electron chi connectivity index (χ0n) is 18.0. The third kappa shape index (κ3) is 4.94. The van der Waals surface area contributed by atoms with E-state index in [1.807, 2.05) is 0 Å². The SMILES string of the molecule is CN1C(C)(C)CC(N)CC1(C)C.CN1C(C)(C)CC(N)CC1(C)C. The molecule has 0 radical (unpaired) electrons. The molecule has 0 aromatic carbocycles. The largest absolute Gasteiger partial charge is 0.328 e. The van der Waals surface area contributed by atoms with E-state index in [2.05, 4.69) is 79.3 Å². The molecule has 2 fully saturated rings. The molecule has 0 amide bonds. The highest BCUT2D eigenvalue weighted by Gasteiger charge is 2.42. The number of rotatable bonds is 0. The summed E-state index contributed by atoms with van der Waals surface area (Å²) in [6.07, 6.45) is 4.42. The molecule has 24 heavy (non-hydrogen) atoms. The van der Waals surface area contributed by atoms with Crippen LogP contribution in [0.25, 0.3) is 0 Å². The Kier molecular flexibility index (Phi) is 6.26. The summed E-state index contributed by atoms with van der Waals surface area (Å²) in [7, 11) is 4.40. The highest BCUT2D eigenvalue weighted by atomic mass is 15.2. The summed E-state index contributed by atoms with van der Waals surface area (Å²) >= 11 is 0. The lowest BCUT2D eigenvalue weighted by atomic mass is 9.78. The fourth-order valence-electron chi connectivity index (χ4n) is 4.90. The standard InChI is InChI=1S/2C10H22N2/c2*1-9(2)6-8(11)7-10(3,4)12(9)5/h2*8H,6-7,11H2,1-5H3. The molecule has 2 aliphatic rings. The van der Waals surface area contributed by atoms with Crippen molar-refractivity contribution in [1.29, 1.82) is 0 Å². The van der Waals surface area contributed by atoms with Crippen LogP contribution < -0.4 is 11.5 Å². The van der Waals surface area contributed by atoms with Crippen LogP contribution in [0, 0.1) is 0 Å². The fraction of sp³-hybridized carbons (Fsp3) is 1.00. The monoisotopic (exact) mass is 340 g/mol. The van der Waals surface area contributed by atoms with Crippen LogP contribution >= 0.6 is 0 Å². The first-order valence-corrected chi connectivity index (χ1v) is 9.50. The van der Waals surface area contributed by atoms with Crippen molar-refractivity contribution in [1.82, 2.24) is 9.80 Å². The number of likely N-dealkylation sites (tertiary alicyclic amines) is 2. The highest BCUT2D eigenvalue weighted by molar-refractivity contribution is 5.00. The zero-order valence-corrected chi connectivity index (χ0v) is 18.0. The molecular formula is C20H44N4. The van der Waals surface area contributed by atoms with Crippen LogP contribution in [-0.4, -0.2) is 58.1 Å². The van der Waals surface area contributed by atoms with Gasteiger partial charge in [-0.3, -0.25) is 9.80 Å². The van der Waals surface area contributed by atoms with E-state index >= 15 is 0 Å². The molecule has 0 aromatic rings. The maximum Gasteiger partial charge on any atom is 0.0170 e. The predicted molar refractivity (Wildman–Crippen MR) is 106 cm³/mol. The Labute approximate surface area is 151 Å². The first-order valence-electron chi connectivity index (χ1n) is 9.50. The minimum Gasteiger partial charge on any atom is -0.328 e. The molecule has 2 aliphatic heterocycles. The van der Waals surface area contributed by atoms with E-state index in [0.29, 0.717) is 12.1 Å². The number of piperidine rings is 2. The van der Waals surface area contributed by atoms with Crippen LogP contribution in [0.2, 0.25) is 0 Å².